The summed E-state index contributed by atoms with van der Waals surface area (Å²) in [6, 6.07) is 10.5. The second kappa shape index (κ2) is 10.7. The standard InChI is InChI=1S/C21H25BrN2O5/c1-5-13(2)14-6-8-17(16(22)10-14)29-12-20(25)23-24-21(26)15-7-9-18(27-3)19(11-15)28-4/h6-11,13H,5,12H2,1-4H3,(H,23,25)(H,24,26). The molecule has 0 aliphatic carbocycles. The molecular weight excluding hydrogens is 440 g/mol. The Kier molecular flexibility index (Phi) is 8.33. The number of rotatable bonds is 8. The number of nitrogens with one attached hydrogen (secondary N) is 2. The number of carbonyl (C=O) groups excluding carboxylic acids is 2. The molecule has 2 amide bonds. The lowest BCUT2D eigenvalue weighted by atomic mass is 9.99. The number of hydrogen-bond acceptors (Lipinski definition) is 5. The number of hydrazine groups is 1. The molecule has 0 bridgehead atoms. The van der Waals surface area contributed by atoms with Gasteiger partial charge in [0, 0.05) is 5.56 Å². The fourth-order valence-corrected chi connectivity index (χ4v) is 3.04. The summed E-state index contributed by atoms with van der Waals surface area (Å²) >= 11 is 3.46. The molecule has 0 aromatic heterocycles. The topological polar surface area (TPSA) is 85.9 Å². The Bertz CT molecular complexity index is 872. The fraction of sp³-hybridized carbons (Fsp3) is 0.333. The van der Waals surface area contributed by atoms with Crippen molar-refractivity contribution in [3.8, 4) is 17.2 Å². The molecule has 0 spiro atoms. The second-order valence-electron chi connectivity index (χ2n) is 6.36. The van der Waals surface area contributed by atoms with E-state index in [1.54, 1.807) is 12.1 Å². The molecular formula is C21H25BrN2O5. The number of amides is 2. The molecule has 2 aromatic carbocycles. The van der Waals surface area contributed by atoms with Crippen molar-refractivity contribution >= 4 is 27.7 Å². The Morgan fingerprint density at radius 1 is 1.00 bits per heavy atom. The van der Waals surface area contributed by atoms with Crippen LogP contribution in [0.2, 0.25) is 0 Å². The summed E-state index contributed by atoms with van der Waals surface area (Å²) in [5, 5.41) is 0. The molecule has 1 unspecified atom stereocenters. The summed E-state index contributed by atoms with van der Waals surface area (Å²) < 4.78 is 16.6. The second-order valence-corrected chi connectivity index (χ2v) is 7.21. The fourth-order valence-electron chi connectivity index (χ4n) is 2.53. The van der Waals surface area contributed by atoms with Gasteiger partial charge in [0.25, 0.3) is 11.8 Å². The van der Waals surface area contributed by atoms with Crippen molar-refractivity contribution in [3.05, 3.63) is 52.0 Å². The average molecular weight is 465 g/mol. The number of halogens is 1. The van der Waals surface area contributed by atoms with Crippen molar-refractivity contribution in [2.75, 3.05) is 20.8 Å². The lowest BCUT2D eigenvalue weighted by Gasteiger charge is -2.13. The van der Waals surface area contributed by atoms with E-state index in [1.165, 1.54) is 25.8 Å². The van der Waals surface area contributed by atoms with Gasteiger partial charge in [-0.05, 0) is 64.2 Å². The Morgan fingerprint density at radius 3 is 2.31 bits per heavy atom. The summed E-state index contributed by atoms with van der Waals surface area (Å²) in [5.74, 6) is 0.941. The Labute approximate surface area is 178 Å². The Balaban J connectivity index is 1.88. The summed E-state index contributed by atoms with van der Waals surface area (Å²) in [5.41, 5.74) is 6.17. The zero-order chi connectivity index (χ0) is 21.4. The van der Waals surface area contributed by atoms with Crippen LogP contribution in [0, 0.1) is 0 Å². The normalized spacial score (nSPS) is 11.3. The molecule has 0 heterocycles. The van der Waals surface area contributed by atoms with Crippen LogP contribution in [0.4, 0.5) is 0 Å². The molecule has 0 saturated heterocycles. The predicted molar refractivity (Wildman–Crippen MR) is 113 cm³/mol. The summed E-state index contributed by atoms with van der Waals surface area (Å²) in [6.07, 6.45) is 1.04. The SMILES string of the molecule is CCC(C)c1ccc(OCC(=O)NNC(=O)c2ccc(OC)c(OC)c2)c(Br)c1. The first-order chi connectivity index (χ1) is 13.9. The summed E-state index contributed by atoms with van der Waals surface area (Å²) in [4.78, 5) is 24.2. The van der Waals surface area contributed by atoms with Crippen molar-refractivity contribution < 1.29 is 23.8 Å². The van der Waals surface area contributed by atoms with E-state index < -0.39 is 11.8 Å². The number of benzene rings is 2. The van der Waals surface area contributed by atoms with Crippen molar-refractivity contribution in [2.45, 2.75) is 26.2 Å². The molecule has 0 aliphatic rings. The molecule has 1 atom stereocenters. The van der Waals surface area contributed by atoms with Gasteiger partial charge in [0.1, 0.15) is 5.75 Å². The van der Waals surface area contributed by atoms with Crippen LogP contribution in [0.25, 0.3) is 0 Å². The van der Waals surface area contributed by atoms with Gasteiger partial charge < -0.3 is 14.2 Å². The molecule has 156 valence electrons. The van der Waals surface area contributed by atoms with Gasteiger partial charge in [-0.2, -0.15) is 0 Å². The summed E-state index contributed by atoms with van der Waals surface area (Å²) in [7, 11) is 2.99. The van der Waals surface area contributed by atoms with Gasteiger partial charge in [0.05, 0.1) is 18.7 Å². The van der Waals surface area contributed by atoms with E-state index in [0.717, 1.165) is 10.9 Å². The molecule has 0 radical (unpaired) electrons. The van der Waals surface area contributed by atoms with Gasteiger partial charge in [-0.25, -0.2) is 0 Å². The molecule has 7 nitrogen and oxygen atoms in total. The monoisotopic (exact) mass is 464 g/mol. The molecule has 0 saturated carbocycles. The van der Waals surface area contributed by atoms with Crippen LogP contribution in [0.3, 0.4) is 0 Å². The largest absolute Gasteiger partial charge is 0.493 e. The highest BCUT2D eigenvalue weighted by atomic mass is 79.9. The van der Waals surface area contributed by atoms with E-state index in [9.17, 15) is 9.59 Å². The third kappa shape index (κ3) is 6.12. The molecule has 2 rings (SSSR count). The van der Waals surface area contributed by atoms with Gasteiger partial charge in [-0.3, -0.25) is 20.4 Å². The quantitative estimate of drug-likeness (QED) is 0.579. The molecule has 0 fully saturated rings. The van der Waals surface area contributed by atoms with E-state index in [-0.39, 0.29) is 6.61 Å². The highest BCUT2D eigenvalue weighted by molar-refractivity contribution is 9.10. The smallest absolute Gasteiger partial charge is 0.276 e. The van der Waals surface area contributed by atoms with Crippen molar-refractivity contribution in [2.24, 2.45) is 0 Å². The van der Waals surface area contributed by atoms with E-state index in [2.05, 4.69) is 40.6 Å². The van der Waals surface area contributed by atoms with Gasteiger partial charge in [-0.1, -0.05) is 19.9 Å². The van der Waals surface area contributed by atoms with Gasteiger partial charge >= 0.3 is 0 Å². The first-order valence-corrected chi connectivity index (χ1v) is 9.92. The average Bonchev–Trinajstić information content (AvgIpc) is 2.75. The highest BCUT2D eigenvalue weighted by Gasteiger charge is 2.13. The highest BCUT2D eigenvalue weighted by Crippen LogP contribution is 2.30. The van der Waals surface area contributed by atoms with Crippen LogP contribution >= 0.6 is 15.9 Å². The molecule has 2 N–H and O–H groups in total. The zero-order valence-corrected chi connectivity index (χ0v) is 18.5. The Morgan fingerprint density at radius 2 is 1.69 bits per heavy atom. The number of ether oxygens (including phenoxy) is 3. The van der Waals surface area contributed by atoms with Crippen LogP contribution < -0.4 is 25.1 Å². The molecule has 8 heteroatoms. The minimum absolute atomic E-state index is 0.243. The van der Waals surface area contributed by atoms with Gasteiger partial charge in [0.15, 0.2) is 18.1 Å². The maximum atomic E-state index is 12.2. The van der Waals surface area contributed by atoms with E-state index in [0.29, 0.717) is 28.7 Å². The van der Waals surface area contributed by atoms with Gasteiger partial charge in [0.2, 0.25) is 0 Å². The summed E-state index contributed by atoms with van der Waals surface area (Å²) in [6.45, 7) is 4.04. The van der Waals surface area contributed by atoms with Crippen molar-refractivity contribution in [1.29, 1.82) is 0 Å². The van der Waals surface area contributed by atoms with Crippen LogP contribution in [0.5, 0.6) is 17.2 Å². The molecule has 2 aromatic rings. The number of hydrogen-bond donors (Lipinski definition) is 2. The van der Waals surface area contributed by atoms with Crippen molar-refractivity contribution in [3.63, 3.8) is 0 Å². The van der Waals surface area contributed by atoms with Crippen LogP contribution in [-0.4, -0.2) is 32.6 Å². The van der Waals surface area contributed by atoms with Crippen molar-refractivity contribution in [1.82, 2.24) is 10.9 Å². The van der Waals surface area contributed by atoms with Gasteiger partial charge in [-0.15, -0.1) is 0 Å². The van der Waals surface area contributed by atoms with Crippen LogP contribution in [0.1, 0.15) is 42.1 Å². The number of carbonyl (C=O) groups is 2. The lowest BCUT2D eigenvalue weighted by Crippen LogP contribution is -2.43. The maximum absolute atomic E-state index is 12.2. The maximum Gasteiger partial charge on any atom is 0.276 e. The van der Waals surface area contributed by atoms with Crippen LogP contribution in [-0.2, 0) is 4.79 Å². The van der Waals surface area contributed by atoms with E-state index >= 15 is 0 Å². The third-order valence-electron chi connectivity index (χ3n) is 4.46. The van der Waals surface area contributed by atoms with E-state index in [4.69, 9.17) is 14.2 Å². The third-order valence-corrected chi connectivity index (χ3v) is 5.08. The lowest BCUT2D eigenvalue weighted by molar-refractivity contribution is -0.123. The minimum atomic E-state index is -0.489. The first kappa shape index (κ1) is 22.5. The zero-order valence-electron chi connectivity index (χ0n) is 16.9. The van der Waals surface area contributed by atoms with Crippen LogP contribution in [0.15, 0.2) is 40.9 Å². The minimum Gasteiger partial charge on any atom is -0.493 e. The Hall–Kier alpha value is -2.74. The molecule has 29 heavy (non-hydrogen) atoms. The number of methoxy groups -OCH3 is 2. The first-order valence-electron chi connectivity index (χ1n) is 9.13. The molecule has 0 aliphatic heterocycles. The van der Waals surface area contributed by atoms with E-state index in [1.807, 2.05) is 18.2 Å². The predicted octanol–water partition coefficient (Wildman–Crippen LogP) is 3.82.